The topological polar surface area (TPSA) is 74.8 Å². The van der Waals surface area contributed by atoms with Crippen molar-refractivity contribution in [2.45, 2.75) is 13.8 Å². The van der Waals surface area contributed by atoms with E-state index in [2.05, 4.69) is 9.56 Å². The lowest BCUT2D eigenvalue weighted by atomic mass is 10.2. The summed E-state index contributed by atoms with van der Waals surface area (Å²) in [5, 5.41) is 18.6. The molecule has 5 heteroatoms. The maximum Gasteiger partial charge on any atom is 0.339 e. The van der Waals surface area contributed by atoms with Crippen molar-refractivity contribution in [2.24, 2.45) is 4.99 Å². The summed E-state index contributed by atoms with van der Waals surface area (Å²) in [5.41, 5.74) is 4.47. The van der Waals surface area contributed by atoms with Crippen LogP contribution in [0, 0.1) is 13.8 Å². The minimum Gasteiger partial charge on any atom is -0.507 e. The predicted octanol–water partition coefficient (Wildman–Crippen LogP) is 4.25. The Morgan fingerprint density at radius 3 is 2.48 bits per heavy atom. The number of phenols is 1. The van der Waals surface area contributed by atoms with Crippen molar-refractivity contribution in [3.05, 3.63) is 77.1 Å². The number of rotatable bonds is 4. The quantitative estimate of drug-likeness (QED) is 0.701. The molecule has 1 heterocycles. The third kappa shape index (κ3) is 3.30. The van der Waals surface area contributed by atoms with E-state index in [1.165, 1.54) is 12.1 Å². The van der Waals surface area contributed by atoms with E-state index in [1.807, 2.05) is 50.2 Å². The standard InChI is InChI=1S/C20H18N2O3/c1-13-10-15(14(2)22(13)17-6-4-3-5-7-17)12-21-16-8-9-19(23)18(11-16)20(24)25/h3-12,23H,1-2H3,(H,24,25). The first-order chi connectivity index (χ1) is 12.0. The Hall–Kier alpha value is -3.34. The minimum absolute atomic E-state index is 0.163. The smallest absolute Gasteiger partial charge is 0.339 e. The number of carboxylic acid groups (broad SMARTS) is 1. The predicted molar refractivity (Wildman–Crippen MR) is 97.6 cm³/mol. The van der Waals surface area contributed by atoms with Crippen LogP contribution in [0.2, 0.25) is 0 Å². The molecule has 0 saturated heterocycles. The molecule has 0 atom stereocenters. The van der Waals surface area contributed by atoms with Gasteiger partial charge in [0.05, 0.1) is 5.69 Å². The highest BCUT2D eigenvalue weighted by atomic mass is 16.4. The molecule has 3 aromatic rings. The molecule has 0 radical (unpaired) electrons. The van der Waals surface area contributed by atoms with Crippen LogP contribution in [0.4, 0.5) is 5.69 Å². The molecule has 2 N–H and O–H groups in total. The number of aromatic carboxylic acids is 1. The Morgan fingerprint density at radius 1 is 1.08 bits per heavy atom. The lowest BCUT2D eigenvalue weighted by molar-refractivity contribution is 0.0694. The molecule has 0 aliphatic heterocycles. The Morgan fingerprint density at radius 2 is 1.80 bits per heavy atom. The molecule has 0 saturated carbocycles. The van der Waals surface area contributed by atoms with Crippen molar-refractivity contribution >= 4 is 17.9 Å². The normalized spacial score (nSPS) is 11.1. The summed E-state index contributed by atoms with van der Waals surface area (Å²) in [5.74, 6) is -1.45. The van der Waals surface area contributed by atoms with E-state index in [9.17, 15) is 9.90 Å². The largest absolute Gasteiger partial charge is 0.507 e. The number of hydrogen-bond acceptors (Lipinski definition) is 3. The van der Waals surface area contributed by atoms with Gasteiger partial charge >= 0.3 is 5.97 Å². The summed E-state index contributed by atoms with van der Waals surface area (Å²) < 4.78 is 2.14. The number of aliphatic imine (C=N–C) groups is 1. The van der Waals surface area contributed by atoms with Crippen LogP contribution in [0.5, 0.6) is 5.75 Å². The number of carbonyl (C=O) groups is 1. The van der Waals surface area contributed by atoms with E-state index in [-0.39, 0.29) is 11.3 Å². The van der Waals surface area contributed by atoms with E-state index in [0.717, 1.165) is 22.6 Å². The molecular weight excluding hydrogens is 316 g/mol. The van der Waals surface area contributed by atoms with Gasteiger partial charge in [0.15, 0.2) is 0 Å². The Kier molecular flexibility index (Phi) is 4.39. The van der Waals surface area contributed by atoms with Crippen molar-refractivity contribution in [1.29, 1.82) is 0 Å². The molecular formula is C20H18N2O3. The van der Waals surface area contributed by atoms with Crippen molar-refractivity contribution in [2.75, 3.05) is 0 Å². The van der Waals surface area contributed by atoms with Gasteiger partial charge in [0.1, 0.15) is 11.3 Å². The summed E-state index contributed by atoms with van der Waals surface area (Å²) >= 11 is 0. The third-order valence-corrected chi connectivity index (χ3v) is 4.05. The summed E-state index contributed by atoms with van der Waals surface area (Å²) in [4.78, 5) is 15.4. The summed E-state index contributed by atoms with van der Waals surface area (Å²) in [7, 11) is 0. The highest BCUT2D eigenvalue weighted by molar-refractivity contribution is 5.92. The summed E-state index contributed by atoms with van der Waals surface area (Å²) in [6.45, 7) is 4.04. The lowest BCUT2D eigenvalue weighted by Gasteiger charge is -2.09. The van der Waals surface area contributed by atoms with E-state index in [1.54, 1.807) is 12.3 Å². The molecule has 0 aliphatic carbocycles. The fraction of sp³-hybridized carbons (Fsp3) is 0.100. The van der Waals surface area contributed by atoms with E-state index in [0.29, 0.717) is 5.69 Å². The first-order valence-corrected chi connectivity index (χ1v) is 7.82. The first-order valence-electron chi connectivity index (χ1n) is 7.82. The SMILES string of the molecule is Cc1cc(C=Nc2ccc(O)c(C(=O)O)c2)c(C)n1-c1ccccc1. The second-order valence-electron chi connectivity index (χ2n) is 5.76. The average molecular weight is 334 g/mol. The van der Waals surface area contributed by atoms with Crippen molar-refractivity contribution in [1.82, 2.24) is 4.57 Å². The molecule has 25 heavy (non-hydrogen) atoms. The van der Waals surface area contributed by atoms with Crippen LogP contribution in [0.15, 0.2) is 59.6 Å². The number of aromatic nitrogens is 1. The first kappa shape index (κ1) is 16.5. The number of hydrogen-bond donors (Lipinski definition) is 2. The van der Waals surface area contributed by atoms with Gasteiger partial charge in [0.25, 0.3) is 0 Å². The average Bonchev–Trinajstić information content (AvgIpc) is 2.88. The van der Waals surface area contributed by atoms with Gasteiger partial charge in [-0.25, -0.2) is 4.79 Å². The fourth-order valence-electron chi connectivity index (χ4n) is 2.81. The van der Waals surface area contributed by atoms with Gasteiger partial charge in [-0.1, -0.05) is 18.2 Å². The molecule has 5 nitrogen and oxygen atoms in total. The Bertz CT molecular complexity index is 957. The van der Waals surface area contributed by atoms with Crippen LogP contribution < -0.4 is 0 Å². The highest BCUT2D eigenvalue weighted by Crippen LogP contribution is 2.24. The zero-order valence-electron chi connectivity index (χ0n) is 14.0. The number of nitrogens with zero attached hydrogens (tertiary/aromatic N) is 2. The maximum absolute atomic E-state index is 11.1. The Balaban J connectivity index is 1.96. The van der Waals surface area contributed by atoms with Crippen molar-refractivity contribution in [3.8, 4) is 11.4 Å². The maximum atomic E-state index is 11.1. The highest BCUT2D eigenvalue weighted by Gasteiger charge is 2.11. The summed E-state index contributed by atoms with van der Waals surface area (Å²) in [6.07, 6.45) is 1.71. The molecule has 0 bridgehead atoms. The monoisotopic (exact) mass is 334 g/mol. The van der Waals surface area contributed by atoms with E-state index >= 15 is 0 Å². The molecule has 0 spiro atoms. The van der Waals surface area contributed by atoms with Crippen LogP contribution in [0.1, 0.15) is 27.3 Å². The number of aryl methyl sites for hydroxylation is 1. The fourth-order valence-corrected chi connectivity index (χ4v) is 2.81. The number of para-hydroxylation sites is 1. The second kappa shape index (κ2) is 6.65. The van der Waals surface area contributed by atoms with Crippen LogP contribution in [-0.4, -0.2) is 27.0 Å². The van der Waals surface area contributed by atoms with Gasteiger partial charge in [-0.2, -0.15) is 0 Å². The lowest BCUT2D eigenvalue weighted by Crippen LogP contribution is -1.99. The summed E-state index contributed by atoms with van der Waals surface area (Å²) in [6, 6.07) is 16.3. The zero-order chi connectivity index (χ0) is 18.0. The molecule has 0 unspecified atom stereocenters. The van der Waals surface area contributed by atoms with Crippen molar-refractivity contribution < 1.29 is 15.0 Å². The van der Waals surface area contributed by atoms with Crippen molar-refractivity contribution in [3.63, 3.8) is 0 Å². The molecule has 2 aromatic carbocycles. The minimum atomic E-state index is -1.18. The van der Waals surface area contributed by atoms with Gasteiger partial charge in [-0.15, -0.1) is 0 Å². The van der Waals surface area contributed by atoms with Crippen LogP contribution in [0.25, 0.3) is 5.69 Å². The van der Waals surface area contributed by atoms with Gasteiger partial charge in [-0.3, -0.25) is 4.99 Å². The zero-order valence-corrected chi connectivity index (χ0v) is 14.0. The van der Waals surface area contributed by atoms with Gasteiger partial charge in [-0.05, 0) is 50.2 Å². The number of aromatic hydroxyl groups is 1. The van der Waals surface area contributed by atoms with E-state index in [4.69, 9.17) is 5.11 Å². The molecule has 126 valence electrons. The second-order valence-corrected chi connectivity index (χ2v) is 5.76. The molecule has 0 fully saturated rings. The molecule has 0 aliphatic rings. The number of benzene rings is 2. The third-order valence-electron chi connectivity index (χ3n) is 4.05. The van der Waals surface area contributed by atoms with Gasteiger partial charge in [0, 0.05) is 28.9 Å². The van der Waals surface area contributed by atoms with E-state index < -0.39 is 5.97 Å². The van der Waals surface area contributed by atoms with Crippen LogP contribution >= 0.6 is 0 Å². The van der Waals surface area contributed by atoms with Crippen LogP contribution in [0.3, 0.4) is 0 Å². The van der Waals surface area contributed by atoms with Gasteiger partial charge < -0.3 is 14.8 Å². The number of carboxylic acids is 1. The van der Waals surface area contributed by atoms with Gasteiger partial charge in [0.2, 0.25) is 0 Å². The Labute approximate surface area is 145 Å². The molecule has 3 rings (SSSR count). The molecule has 1 aromatic heterocycles. The molecule has 0 amide bonds. The van der Waals surface area contributed by atoms with Crippen LogP contribution in [-0.2, 0) is 0 Å².